The van der Waals surface area contributed by atoms with E-state index in [4.69, 9.17) is 0 Å². The number of hydrogen-bond acceptors (Lipinski definition) is 3. The number of amides is 1. The van der Waals surface area contributed by atoms with Crippen LogP contribution in [0.1, 0.15) is 21.5 Å². The highest BCUT2D eigenvalue weighted by atomic mass is 16.1. The van der Waals surface area contributed by atoms with Crippen LogP contribution in [0.2, 0.25) is 0 Å². The zero-order valence-electron chi connectivity index (χ0n) is 13.1. The first-order valence-electron chi connectivity index (χ1n) is 7.39. The first kappa shape index (κ1) is 14.9. The third-order valence-electron chi connectivity index (χ3n) is 3.50. The summed E-state index contributed by atoms with van der Waals surface area (Å²) in [5.41, 5.74) is 4.38. The van der Waals surface area contributed by atoms with Gasteiger partial charge in [-0.2, -0.15) is 0 Å². The summed E-state index contributed by atoms with van der Waals surface area (Å²) < 4.78 is 0. The van der Waals surface area contributed by atoms with Crippen LogP contribution < -0.4 is 5.32 Å². The van der Waals surface area contributed by atoms with Gasteiger partial charge in [0.2, 0.25) is 0 Å². The first-order valence-corrected chi connectivity index (χ1v) is 7.39. The van der Waals surface area contributed by atoms with Gasteiger partial charge in [0.1, 0.15) is 0 Å². The predicted molar refractivity (Wildman–Crippen MR) is 91.3 cm³/mol. The lowest BCUT2D eigenvalue weighted by Crippen LogP contribution is -2.12. The summed E-state index contributed by atoms with van der Waals surface area (Å²) in [5, 5.41) is 2.81. The second-order valence-corrected chi connectivity index (χ2v) is 5.48. The molecule has 0 atom stereocenters. The Morgan fingerprint density at radius 3 is 2.26 bits per heavy atom. The molecule has 0 aliphatic carbocycles. The number of aryl methyl sites for hydroxylation is 2. The molecule has 0 fully saturated rings. The van der Waals surface area contributed by atoms with Crippen LogP contribution in [0.3, 0.4) is 0 Å². The van der Waals surface area contributed by atoms with E-state index in [-0.39, 0.29) is 5.91 Å². The maximum atomic E-state index is 12.2. The van der Waals surface area contributed by atoms with E-state index in [1.54, 1.807) is 18.5 Å². The SMILES string of the molecule is Cc1ccc(-c2ncc(NC(=O)c3cccc(C)c3)cn2)cc1. The topological polar surface area (TPSA) is 54.9 Å². The quantitative estimate of drug-likeness (QED) is 0.795. The lowest BCUT2D eigenvalue weighted by molar-refractivity contribution is 0.102. The molecule has 0 aliphatic rings. The fourth-order valence-electron chi connectivity index (χ4n) is 2.23. The Kier molecular flexibility index (Phi) is 4.15. The van der Waals surface area contributed by atoms with Gasteiger partial charge in [-0.3, -0.25) is 4.79 Å². The number of nitrogens with one attached hydrogen (secondary N) is 1. The monoisotopic (exact) mass is 303 g/mol. The lowest BCUT2D eigenvalue weighted by atomic mass is 10.1. The van der Waals surface area contributed by atoms with Crippen molar-refractivity contribution < 1.29 is 4.79 Å². The van der Waals surface area contributed by atoms with E-state index < -0.39 is 0 Å². The third-order valence-corrected chi connectivity index (χ3v) is 3.50. The van der Waals surface area contributed by atoms with Crippen molar-refractivity contribution in [2.75, 3.05) is 5.32 Å². The average Bonchev–Trinajstić information content (AvgIpc) is 2.56. The maximum absolute atomic E-state index is 12.2. The molecular weight excluding hydrogens is 286 g/mol. The standard InChI is InChI=1S/C19H17N3O/c1-13-6-8-15(9-7-13)18-20-11-17(12-21-18)22-19(23)16-5-3-4-14(2)10-16/h3-12H,1-2H3,(H,22,23). The molecule has 0 saturated carbocycles. The summed E-state index contributed by atoms with van der Waals surface area (Å²) in [6.45, 7) is 3.99. The van der Waals surface area contributed by atoms with E-state index in [1.165, 1.54) is 5.56 Å². The minimum Gasteiger partial charge on any atom is -0.319 e. The van der Waals surface area contributed by atoms with Gasteiger partial charge in [-0.1, -0.05) is 47.5 Å². The van der Waals surface area contributed by atoms with E-state index in [2.05, 4.69) is 15.3 Å². The van der Waals surface area contributed by atoms with Crippen LogP contribution >= 0.6 is 0 Å². The van der Waals surface area contributed by atoms with E-state index in [1.807, 2.05) is 56.3 Å². The predicted octanol–water partition coefficient (Wildman–Crippen LogP) is 4.01. The fourth-order valence-corrected chi connectivity index (χ4v) is 2.23. The second-order valence-electron chi connectivity index (χ2n) is 5.48. The van der Waals surface area contributed by atoms with Gasteiger partial charge in [0.15, 0.2) is 5.82 Å². The Hall–Kier alpha value is -3.01. The van der Waals surface area contributed by atoms with E-state index >= 15 is 0 Å². The zero-order chi connectivity index (χ0) is 16.2. The fraction of sp³-hybridized carbons (Fsp3) is 0.105. The molecule has 0 saturated heterocycles. The Morgan fingerprint density at radius 2 is 1.61 bits per heavy atom. The smallest absolute Gasteiger partial charge is 0.255 e. The number of nitrogens with zero attached hydrogens (tertiary/aromatic N) is 2. The van der Waals surface area contributed by atoms with Crippen LogP contribution in [0.25, 0.3) is 11.4 Å². The molecule has 0 bridgehead atoms. The van der Waals surface area contributed by atoms with Gasteiger partial charge in [-0.25, -0.2) is 9.97 Å². The van der Waals surface area contributed by atoms with Crippen LogP contribution in [0.5, 0.6) is 0 Å². The van der Waals surface area contributed by atoms with Crippen molar-refractivity contribution in [2.45, 2.75) is 13.8 Å². The molecule has 3 rings (SSSR count). The summed E-state index contributed by atoms with van der Waals surface area (Å²) in [6, 6.07) is 15.4. The molecule has 0 aliphatic heterocycles. The summed E-state index contributed by atoms with van der Waals surface area (Å²) in [5.74, 6) is 0.471. The van der Waals surface area contributed by atoms with Crippen LogP contribution in [0.15, 0.2) is 60.9 Å². The van der Waals surface area contributed by atoms with Crippen molar-refractivity contribution >= 4 is 11.6 Å². The molecule has 4 nitrogen and oxygen atoms in total. The minimum absolute atomic E-state index is 0.166. The van der Waals surface area contributed by atoms with Gasteiger partial charge >= 0.3 is 0 Å². The number of carbonyl (C=O) groups excluding carboxylic acids is 1. The number of rotatable bonds is 3. The Morgan fingerprint density at radius 1 is 0.913 bits per heavy atom. The summed E-state index contributed by atoms with van der Waals surface area (Å²) in [6.07, 6.45) is 3.24. The van der Waals surface area contributed by atoms with Gasteiger partial charge in [-0.15, -0.1) is 0 Å². The van der Waals surface area contributed by atoms with Crippen molar-refractivity contribution in [1.29, 1.82) is 0 Å². The molecule has 2 aromatic carbocycles. The summed E-state index contributed by atoms with van der Waals surface area (Å²) >= 11 is 0. The van der Waals surface area contributed by atoms with Gasteiger partial charge in [0.05, 0.1) is 18.1 Å². The van der Waals surface area contributed by atoms with E-state index in [9.17, 15) is 4.79 Å². The Labute approximate surface area is 135 Å². The van der Waals surface area contributed by atoms with Crippen LogP contribution in [-0.2, 0) is 0 Å². The third kappa shape index (κ3) is 3.61. The van der Waals surface area contributed by atoms with E-state index in [0.29, 0.717) is 17.1 Å². The molecule has 1 N–H and O–H groups in total. The number of anilines is 1. The highest BCUT2D eigenvalue weighted by Crippen LogP contribution is 2.16. The number of aromatic nitrogens is 2. The lowest BCUT2D eigenvalue weighted by Gasteiger charge is -2.06. The summed E-state index contributed by atoms with van der Waals surface area (Å²) in [4.78, 5) is 20.8. The molecule has 0 radical (unpaired) electrons. The van der Waals surface area contributed by atoms with Gasteiger partial charge < -0.3 is 5.32 Å². The molecule has 0 unspecified atom stereocenters. The summed E-state index contributed by atoms with van der Waals surface area (Å²) in [7, 11) is 0. The van der Waals surface area contributed by atoms with Crippen molar-refractivity contribution in [1.82, 2.24) is 9.97 Å². The molecular formula is C19H17N3O. The average molecular weight is 303 g/mol. The molecule has 23 heavy (non-hydrogen) atoms. The largest absolute Gasteiger partial charge is 0.319 e. The Balaban J connectivity index is 1.75. The van der Waals surface area contributed by atoms with Gasteiger partial charge in [0.25, 0.3) is 5.91 Å². The number of hydrogen-bond donors (Lipinski definition) is 1. The first-order chi connectivity index (χ1) is 11.1. The van der Waals surface area contributed by atoms with Crippen molar-refractivity contribution in [3.05, 3.63) is 77.6 Å². The molecule has 1 heterocycles. The van der Waals surface area contributed by atoms with Crippen LogP contribution in [0, 0.1) is 13.8 Å². The van der Waals surface area contributed by atoms with E-state index in [0.717, 1.165) is 11.1 Å². The molecule has 3 aromatic rings. The van der Waals surface area contributed by atoms with Crippen LogP contribution in [-0.4, -0.2) is 15.9 Å². The molecule has 4 heteroatoms. The van der Waals surface area contributed by atoms with Crippen molar-refractivity contribution in [3.63, 3.8) is 0 Å². The molecule has 1 aromatic heterocycles. The molecule has 1 amide bonds. The zero-order valence-corrected chi connectivity index (χ0v) is 13.1. The van der Waals surface area contributed by atoms with Crippen molar-refractivity contribution in [2.24, 2.45) is 0 Å². The highest BCUT2D eigenvalue weighted by molar-refractivity contribution is 6.04. The Bertz CT molecular complexity index is 824. The molecule has 0 spiro atoms. The van der Waals surface area contributed by atoms with Gasteiger partial charge in [0, 0.05) is 11.1 Å². The second kappa shape index (κ2) is 6.40. The number of benzene rings is 2. The normalized spacial score (nSPS) is 10.3. The van der Waals surface area contributed by atoms with Gasteiger partial charge in [-0.05, 0) is 26.0 Å². The minimum atomic E-state index is -0.166. The highest BCUT2D eigenvalue weighted by Gasteiger charge is 2.07. The molecule has 114 valence electrons. The van der Waals surface area contributed by atoms with Crippen LogP contribution in [0.4, 0.5) is 5.69 Å². The number of carbonyl (C=O) groups is 1. The maximum Gasteiger partial charge on any atom is 0.255 e. The van der Waals surface area contributed by atoms with Crippen molar-refractivity contribution in [3.8, 4) is 11.4 Å².